The van der Waals surface area contributed by atoms with Gasteiger partial charge in [0.2, 0.25) is 17.9 Å². The Kier molecular flexibility index (Phi) is 12.3. The fourth-order valence-corrected chi connectivity index (χ4v) is 3.03. The van der Waals surface area contributed by atoms with Crippen LogP contribution in [0.25, 0.3) is 11.6 Å². The van der Waals surface area contributed by atoms with Crippen LogP contribution in [0.3, 0.4) is 0 Å². The molecule has 0 spiro atoms. The highest BCUT2D eigenvalue weighted by Crippen LogP contribution is 2.44. The third-order valence-corrected chi connectivity index (χ3v) is 5.34. The van der Waals surface area contributed by atoms with Crippen molar-refractivity contribution in [3.63, 3.8) is 0 Å². The molecule has 3 N–H and O–H groups in total. The molecular weight excluding hydrogens is 554 g/mol. The zero-order valence-corrected chi connectivity index (χ0v) is 22.9. The SMILES string of the molecule is CC.COC(C)(C)C.O=CNc1cc(C(F)(F)F)c2nc1-c1nnc(o1)C(O)(C(F)(F)F)CCCC(O)CCO2. The molecule has 3 heterocycles. The average molecular weight is 589 g/mol. The molecular formula is C24H34F6N4O6. The number of ether oxygens (including phenoxy) is 2. The molecule has 0 saturated heterocycles. The van der Waals surface area contributed by atoms with Gasteiger partial charge in [-0.25, -0.2) is 4.98 Å². The summed E-state index contributed by atoms with van der Waals surface area (Å²) in [5.41, 5.74) is -6.14. The first-order valence-electron chi connectivity index (χ1n) is 12.2. The number of aliphatic hydroxyl groups excluding tert-OH is 1. The van der Waals surface area contributed by atoms with E-state index < -0.39 is 71.7 Å². The van der Waals surface area contributed by atoms with Crippen LogP contribution in [0.2, 0.25) is 0 Å². The molecule has 3 rings (SSSR count). The molecule has 0 radical (unpaired) electrons. The van der Waals surface area contributed by atoms with Gasteiger partial charge in [0.25, 0.3) is 11.8 Å². The van der Waals surface area contributed by atoms with E-state index in [2.05, 4.69) is 15.2 Å². The summed E-state index contributed by atoms with van der Waals surface area (Å²) in [5, 5.41) is 28.7. The molecule has 2 aromatic heterocycles. The lowest BCUT2D eigenvalue weighted by molar-refractivity contribution is -0.277. The van der Waals surface area contributed by atoms with E-state index in [1.54, 1.807) is 7.11 Å². The van der Waals surface area contributed by atoms with Gasteiger partial charge < -0.3 is 29.4 Å². The molecule has 1 aliphatic heterocycles. The van der Waals surface area contributed by atoms with Gasteiger partial charge in [-0.1, -0.05) is 13.8 Å². The van der Waals surface area contributed by atoms with Crippen LogP contribution in [0.5, 0.6) is 5.88 Å². The highest BCUT2D eigenvalue weighted by Gasteiger charge is 2.58. The van der Waals surface area contributed by atoms with Gasteiger partial charge in [-0.2, -0.15) is 26.3 Å². The molecule has 0 aromatic carbocycles. The average Bonchev–Trinajstić information content (AvgIpc) is 3.34. The normalized spacial score (nSPS) is 20.0. The second-order valence-electron chi connectivity index (χ2n) is 9.27. The summed E-state index contributed by atoms with van der Waals surface area (Å²) in [4.78, 5) is 14.5. The lowest BCUT2D eigenvalue weighted by atomic mass is 9.94. The minimum Gasteiger partial charge on any atom is -0.477 e. The van der Waals surface area contributed by atoms with E-state index in [0.29, 0.717) is 6.07 Å². The van der Waals surface area contributed by atoms with E-state index in [-0.39, 0.29) is 31.3 Å². The molecule has 2 aromatic rings. The topological polar surface area (TPSA) is 140 Å². The smallest absolute Gasteiger partial charge is 0.426 e. The number of fused-ring (bicyclic) bond motifs is 5. The molecule has 0 aliphatic carbocycles. The molecule has 1 aliphatic rings. The van der Waals surface area contributed by atoms with Gasteiger partial charge in [0.1, 0.15) is 5.56 Å². The van der Waals surface area contributed by atoms with Crippen molar-refractivity contribution in [3.8, 4) is 17.5 Å². The third-order valence-electron chi connectivity index (χ3n) is 5.34. The van der Waals surface area contributed by atoms with E-state index in [9.17, 15) is 41.4 Å². The fraction of sp³-hybridized carbons (Fsp3) is 0.667. The predicted octanol–water partition coefficient (Wildman–Crippen LogP) is 5.24. The lowest BCUT2D eigenvalue weighted by Crippen LogP contribution is -2.42. The maximum atomic E-state index is 13.6. The Labute approximate surface area is 227 Å². The number of aromatic nitrogens is 3. The summed E-state index contributed by atoms with van der Waals surface area (Å²) in [5.74, 6) is -3.03. The number of alkyl halides is 6. The molecule has 16 heteroatoms. The van der Waals surface area contributed by atoms with E-state index in [4.69, 9.17) is 13.9 Å². The number of nitrogens with one attached hydrogen (secondary N) is 1. The maximum absolute atomic E-state index is 13.6. The highest BCUT2D eigenvalue weighted by atomic mass is 19.4. The van der Waals surface area contributed by atoms with Crippen molar-refractivity contribution in [1.82, 2.24) is 15.2 Å². The van der Waals surface area contributed by atoms with Crippen molar-refractivity contribution in [2.75, 3.05) is 19.0 Å². The van der Waals surface area contributed by atoms with E-state index in [0.717, 1.165) is 0 Å². The number of halogens is 6. The van der Waals surface area contributed by atoms with Crippen molar-refractivity contribution >= 4 is 12.1 Å². The second-order valence-corrected chi connectivity index (χ2v) is 9.27. The highest BCUT2D eigenvalue weighted by molar-refractivity contribution is 5.81. The summed E-state index contributed by atoms with van der Waals surface area (Å²) < 4.78 is 96.2. The van der Waals surface area contributed by atoms with Crippen molar-refractivity contribution < 1.29 is 55.2 Å². The fourth-order valence-electron chi connectivity index (χ4n) is 3.03. The van der Waals surface area contributed by atoms with Crippen LogP contribution in [0.15, 0.2) is 10.5 Å². The zero-order chi connectivity index (χ0) is 30.9. The molecule has 0 fully saturated rings. The number of amides is 1. The van der Waals surface area contributed by atoms with Crippen molar-refractivity contribution in [2.24, 2.45) is 0 Å². The molecule has 4 bridgehead atoms. The van der Waals surface area contributed by atoms with Crippen molar-refractivity contribution in [1.29, 1.82) is 0 Å². The van der Waals surface area contributed by atoms with E-state index >= 15 is 0 Å². The first kappa shape index (κ1) is 35.0. The second kappa shape index (κ2) is 14.1. The number of anilines is 1. The van der Waals surface area contributed by atoms with Crippen LogP contribution in [-0.2, 0) is 21.3 Å². The maximum Gasteiger partial charge on any atom is 0.426 e. The summed E-state index contributed by atoms with van der Waals surface area (Å²) in [6.07, 6.45) is -13.1. The van der Waals surface area contributed by atoms with Crippen LogP contribution >= 0.6 is 0 Å². The quantitative estimate of drug-likeness (QED) is 0.317. The number of aliphatic hydroxyl groups is 2. The zero-order valence-electron chi connectivity index (χ0n) is 22.9. The molecule has 228 valence electrons. The Balaban J connectivity index is 0.000000885. The van der Waals surface area contributed by atoms with Gasteiger partial charge in [-0.05, 0) is 46.1 Å². The monoisotopic (exact) mass is 588 g/mol. The number of carbonyl (C=O) groups excluding carboxylic acids is 1. The molecule has 10 nitrogen and oxygen atoms in total. The number of pyridine rings is 1. The van der Waals surface area contributed by atoms with Crippen LogP contribution in [0.1, 0.15) is 71.8 Å². The van der Waals surface area contributed by atoms with Gasteiger partial charge in [-0.15, -0.1) is 10.2 Å². The number of nitrogens with zero attached hydrogens (tertiary/aromatic N) is 3. The number of methoxy groups -OCH3 is 1. The number of rotatable bonds is 2. The Hall–Kier alpha value is -2.98. The standard InChI is InChI=1S/C17H16F6N4O5.C5H12O.C2H6/c18-16(19,20)9-6-10(24-7-28)11-13-26-27-14(32-13)15(30,17(21,22)23)4-1-2-8(29)3-5-31-12(9)25-11;1-5(2,3)6-4;1-2/h6-8,29-30H,1-5H2,(H,24,28);1-4H3;1-2H3. The first-order chi connectivity index (χ1) is 18.4. The van der Waals surface area contributed by atoms with Gasteiger partial charge in [0, 0.05) is 13.5 Å². The summed E-state index contributed by atoms with van der Waals surface area (Å²) in [7, 11) is 1.71. The van der Waals surface area contributed by atoms with E-state index in [1.807, 2.05) is 39.9 Å². The third kappa shape index (κ3) is 9.30. The van der Waals surface area contributed by atoms with E-state index in [1.165, 1.54) is 0 Å². The van der Waals surface area contributed by atoms with Crippen LogP contribution in [-0.4, -0.2) is 63.4 Å². The summed E-state index contributed by atoms with van der Waals surface area (Å²) in [6.45, 7) is 9.61. The summed E-state index contributed by atoms with van der Waals surface area (Å²) in [6, 6.07) is 0.439. The molecule has 2 atom stereocenters. The van der Waals surface area contributed by atoms with Crippen LogP contribution < -0.4 is 10.1 Å². The van der Waals surface area contributed by atoms with Crippen molar-refractivity contribution in [2.45, 2.75) is 90.0 Å². The Morgan fingerprint density at radius 3 is 2.23 bits per heavy atom. The minimum atomic E-state index is -5.25. The Morgan fingerprint density at radius 1 is 1.12 bits per heavy atom. The molecule has 1 amide bonds. The first-order valence-corrected chi connectivity index (χ1v) is 12.2. The number of carbonyl (C=O) groups is 1. The predicted molar refractivity (Wildman–Crippen MR) is 130 cm³/mol. The molecule has 0 saturated carbocycles. The van der Waals surface area contributed by atoms with Gasteiger partial charge in [0.15, 0.2) is 5.69 Å². The lowest BCUT2D eigenvalue weighted by Gasteiger charge is -2.27. The van der Waals surface area contributed by atoms with Crippen molar-refractivity contribution in [3.05, 3.63) is 17.5 Å². The van der Waals surface area contributed by atoms with Crippen LogP contribution in [0, 0.1) is 0 Å². The van der Waals surface area contributed by atoms with Gasteiger partial charge in [0.05, 0.1) is 24.0 Å². The van der Waals surface area contributed by atoms with Crippen LogP contribution in [0.4, 0.5) is 32.0 Å². The Morgan fingerprint density at radius 2 is 1.73 bits per heavy atom. The molecule has 2 unspecified atom stereocenters. The number of hydrogen-bond donors (Lipinski definition) is 3. The largest absolute Gasteiger partial charge is 0.477 e. The minimum absolute atomic E-state index is 0.0131. The number of hydrogen-bond acceptors (Lipinski definition) is 9. The molecule has 40 heavy (non-hydrogen) atoms. The van der Waals surface area contributed by atoms with Gasteiger partial charge >= 0.3 is 12.4 Å². The Bertz CT molecular complexity index is 1090. The summed E-state index contributed by atoms with van der Waals surface area (Å²) >= 11 is 0. The van der Waals surface area contributed by atoms with Gasteiger partial charge in [-0.3, -0.25) is 4.79 Å².